The first-order valence-corrected chi connectivity index (χ1v) is 8.82. The number of carbonyl (C=O) groups is 1. The van der Waals surface area contributed by atoms with E-state index in [2.05, 4.69) is 6.58 Å². The topological polar surface area (TPSA) is 84.9 Å². The average Bonchev–Trinajstić information content (AvgIpc) is 2.39. The maximum Gasteiger partial charge on any atom is 0.330 e. The van der Waals surface area contributed by atoms with Crippen molar-refractivity contribution in [2.24, 2.45) is 0 Å². The van der Waals surface area contributed by atoms with E-state index in [4.69, 9.17) is 13.8 Å². The molecule has 0 radical (unpaired) electrons. The third kappa shape index (κ3) is 14.2. The number of ether oxygens (including phenoxy) is 1. The van der Waals surface area contributed by atoms with Crippen LogP contribution in [0.4, 0.5) is 0 Å². The predicted molar refractivity (Wildman–Crippen MR) is 82.0 cm³/mol. The highest BCUT2D eigenvalue weighted by Gasteiger charge is 2.12. The van der Waals surface area contributed by atoms with E-state index in [0.717, 1.165) is 25.3 Å². The molecule has 0 aromatic carbocycles. The Morgan fingerprint density at radius 1 is 1.09 bits per heavy atom. The van der Waals surface area contributed by atoms with Gasteiger partial charge in [-0.25, -0.2) is 4.79 Å². The molecule has 1 unspecified atom stereocenters. The van der Waals surface area contributed by atoms with Crippen LogP contribution in [-0.2, 0) is 23.1 Å². The van der Waals surface area contributed by atoms with Gasteiger partial charge in [-0.2, -0.15) is 0 Å². The first-order valence-electron chi connectivity index (χ1n) is 7.36. The first kappa shape index (κ1) is 21.3. The fourth-order valence-corrected chi connectivity index (χ4v) is 2.16. The Bertz CT molecular complexity index is 380. The van der Waals surface area contributed by atoms with Crippen LogP contribution in [0.2, 0.25) is 0 Å². The van der Waals surface area contributed by atoms with E-state index in [1.807, 2.05) is 21.1 Å². The van der Waals surface area contributed by atoms with Crippen molar-refractivity contribution in [1.82, 2.24) is 0 Å². The van der Waals surface area contributed by atoms with Crippen LogP contribution >= 0.6 is 7.82 Å². The molecule has 0 aliphatic heterocycles. The van der Waals surface area contributed by atoms with Gasteiger partial charge in [0.2, 0.25) is 0 Å². The molecule has 0 fully saturated rings. The molecular formula is C14H28NO6P. The van der Waals surface area contributed by atoms with Gasteiger partial charge in [0.15, 0.2) is 0 Å². The lowest BCUT2D eigenvalue weighted by Gasteiger charge is -2.27. The van der Waals surface area contributed by atoms with Gasteiger partial charge in [0.1, 0.15) is 13.2 Å². The minimum atomic E-state index is -4.20. The zero-order valence-electron chi connectivity index (χ0n) is 13.8. The maximum absolute atomic E-state index is 11.5. The molecule has 7 nitrogen and oxygen atoms in total. The monoisotopic (exact) mass is 337 g/mol. The molecule has 0 rings (SSSR count). The number of phosphoric acid groups is 1. The fraction of sp³-hybridized carbons (Fsp3) is 0.786. The average molecular weight is 337 g/mol. The molecule has 0 aliphatic rings. The molecule has 22 heavy (non-hydrogen) atoms. The normalized spacial score (nSPS) is 14.4. The van der Waals surface area contributed by atoms with Crippen LogP contribution in [-0.4, -0.2) is 58.0 Å². The Kier molecular flexibility index (Phi) is 10.6. The second-order valence-electron chi connectivity index (χ2n) is 5.91. The highest BCUT2D eigenvalue weighted by atomic mass is 31.2. The number of rotatable bonds is 13. The molecule has 0 spiro atoms. The van der Waals surface area contributed by atoms with Gasteiger partial charge >= 0.3 is 5.97 Å². The number of carbonyl (C=O) groups excluding carboxylic acids is 1. The Hall–Kier alpha value is -0.720. The molecule has 8 heteroatoms. The Balaban J connectivity index is 3.54. The number of quaternary nitrogens is 1. The van der Waals surface area contributed by atoms with Crippen molar-refractivity contribution in [3.8, 4) is 0 Å². The molecule has 0 aromatic heterocycles. The molecule has 0 heterocycles. The minimum absolute atomic E-state index is 0.109. The fourth-order valence-electron chi connectivity index (χ4n) is 1.43. The molecule has 130 valence electrons. The van der Waals surface area contributed by atoms with Gasteiger partial charge in [-0.15, -0.1) is 0 Å². The van der Waals surface area contributed by atoms with Gasteiger partial charge in [0, 0.05) is 6.08 Å². The summed E-state index contributed by atoms with van der Waals surface area (Å²) >= 11 is 0. The lowest BCUT2D eigenvalue weighted by atomic mass is 10.2. The van der Waals surface area contributed by atoms with Crippen molar-refractivity contribution >= 4 is 13.8 Å². The van der Waals surface area contributed by atoms with Crippen LogP contribution < -0.4 is 4.89 Å². The molecule has 0 N–H and O–H groups in total. The van der Waals surface area contributed by atoms with E-state index < -0.39 is 13.8 Å². The van der Waals surface area contributed by atoms with E-state index in [1.165, 1.54) is 0 Å². The van der Waals surface area contributed by atoms with E-state index in [1.54, 1.807) is 0 Å². The number of nitrogens with zero attached hydrogens (tertiary/aromatic N) is 1. The highest BCUT2D eigenvalue weighted by molar-refractivity contribution is 7.45. The van der Waals surface area contributed by atoms with E-state index >= 15 is 0 Å². The minimum Gasteiger partial charge on any atom is -0.756 e. The van der Waals surface area contributed by atoms with Crippen molar-refractivity contribution in [3.05, 3.63) is 12.7 Å². The molecule has 0 bridgehead atoms. The molecule has 0 aromatic rings. The SMILES string of the molecule is C=CC(=O)OCCCCCCOP(=O)([O-])OCC[N+](C)(C)C. The van der Waals surface area contributed by atoms with Crippen LogP contribution in [0.15, 0.2) is 12.7 Å². The van der Waals surface area contributed by atoms with E-state index in [0.29, 0.717) is 24.1 Å². The first-order chi connectivity index (χ1) is 10.2. The third-order valence-electron chi connectivity index (χ3n) is 2.71. The molecule has 0 saturated carbocycles. The molecular weight excluding hydrogens is 309 g/mol. The zero-order chi connectivity index (χ0) is 17.1. The molecule has 0 saturated heterocycles. The summed E-state index contributed by atoms with van der Waals surface area (Å²) < 4.78 is 26.5. The number of hydrogen-bond donors (Lipinski definition) is 0. The lowest BCUT2D eigenvalue weighted by Crippen LogP contribution is -2.37. The summed E-state index contributed by atoms with van der Waals surface area (Å²) in [6.45, 7) is 4.45. The molecule has 0 aliphatic carbocycles. The van der Waals surface area contributed by atoms with Gasteiger partial charge < -0.3 is 23.2 Å². The number of unbranched alkanes of at least 4 members (excludes halogenated alkanes) is 3. The summed E-state index contributed by atoms with van der Waals surface area (Å²) in [6.07, 6.45) is 4.09. The second kappa shape index (κ2) is 10.9. The number of likely N-dealkylation sites (N-methyl/N-ethyl adjacent to an activating group) is 1. The maximum atomic E-state index is 11.5. The van der Waals surface area contributed by atoms with Crippen molar-refractivity contribution in [3.63, 3.8) is 0 Å². The van der Waals surface area contributed by atoms with Crippen LogP contribution in [0.1, 0.15) is 25.7 Å². The van der Waals surface area contributed by atoms with Crippen molar-refractivity contribution in [1.29, 1.82) is 0 Å². The van der Waals surface area contributed by atoms with Crippen molar-refractivity contribution in [2.45, 2.75) is 25.7 Å². The molecule has 1 atom stereocenters. The van der Waals surface area contributed by atoms with Crippen molar-refractivity contribution in [2.75, 3.05) is 47.5 Å². The van der Waals surface area contributed by atoms with Crippen LogP contribution in [0.5, 0.6) is 0 Å². The third-order valence-corrected chi connectivity index (χ3v) is 3.71. The Morgan fingerprint density at radius 3 is 2.18 bits per heavy atom. The number of hydrogen-bond acceptors (Lipinski definition) is 6. The summed E-state index contributed by atoms with van der Waals surface area (Å²) in [4.78, 5) is 22.2. The largest absolute Gasteiger partial charge is 0.756 e. The summed E-state index contributed by atoms with van der Waals surface area (Å²) in [7, 11) is 1.65. The van der Waals surface area contributed by atoms with Gasteiger partial charge in [-0.05, 0) is 19.3 Å². The lowest BCUT2D eigenvalue weighted by molar-refractivity contribution is -0.870. The molecule has 0 amide bonds. The summed E-state index contributed by atoms with van der Waals surface area (Å²) in [5, 5.41) is 0. The van der Waals surface area contributed by atoms with E-state index in [9.17, 15) is 14.3 Å². The number of phosphoric ester groups is 1. The Labute approximate surface area is 133 Å². The second-order valence-corrected chi connectivity index (χ2v) is 7.32. The number of esters is 1. The van der Waals surface area contributed by atoms with Crippen LogP contribution in [0.3, 0.4) is 0 Å². The smallest absolute Gasteiger partial charge is 0.330 e. The highest BCUT2D eigenvalue weighted by Crippen LogP contribution is 2.38. The van der Waals surface area contributed by atoms with E-state index in [-0.39, 0.29) is 13.2 Å². The summed E-state index contributed by atoms with van der Waals surface area (Å²) in [6, 6.07) is 0. The van der Waals surface area contributed by atoms with Crippen molar-refractivity contribution < 1.29 is 32.5 Å². The predicted octanol–water partition coefficient (Wildman–Crippen LogP) is 1.48. The summed E-state index contributed by atoms with van der Waals surface area (Å²) in [5.41, 5.74) is 0. The Morgan fingerprint density at radius 2 is 1.64 bits per heavy atom. The summed E-state index contributed by atoms with van der Waals surface area (Å²) in [5.74, 6) is -0.429. The van der Waals surface area contributed by atoms with Gasteiger partial charge in [0.05, 0.1) is 34.4 Å². The van der Waals surface area contributed by atoms with Crippen LogP contribution in [0.25, 0.3) is 0 Å². The zero-order valence-corrected chi connectivity index (χ0v) is 14.7. The standard InChI is InChI=1S/C14H28NO6P/c1-5-14(16)19-11-8-6-7-9-12-20-22(17,18)21-13-10-15(2,3)4/h5H,1,6-13H2,2-4H3. The van der Waals surface area contributed by atoms with Crippen LogP contribution in [0, 0.1) is 0 Å². The van der Waals surface area contributed by atoms with Gasteiger partial charge in [0.25, 0.3) is 7.82 Å². The van der Waals surface area contributed by atoms with Gasteiger partial charge in [-0.3, -0.25) is 4.57 Å². The quantitative estimate of drug-likeness (QED) is 0.166. The van der Waals surface area contributed by atoms with Gasteiger partial charge in [-0.1, -0.05) is 13.0 Å².